The summed E-state index contributed by atoms with van der Waals surface area (Å²) in [4.78, 5) is 15.1. The van der Waals surface area contributed by atoms with E-state index in [1.807, 2.05) is 59.5 Å². The van der Waals surface area contributed by atoms with E-state index in [0.29, 0.717) is 32.7 Å². The molecule has 1 fully saturated rings. The van der Waals surface area contributed by atoms with Crippen LogP contribution in [0.4, 0.5) is 0 Å². The number of amides is 1. The molecule has 142 valence electrons. The topological polar surface area (TPSA) is 64.8 Å². The number of ether oxygens (including phenoxy) is 2. The van der Waals surface area contributed by atoms with Gasteiger partial charge in [0, 0.05) is 24.9 Å². The van der Waals surface area contributed by atoms with E-state index in [9.17, 15) is 4.79 Å². The zero-order valence-electron chi connectivity index (χ0n) is 15.5. The van der Waals surface area contributed by atoms with E-state index in [0.717, 1.165) is 29.7 Å². The highest BCUT2D eigenvalue weighted by Crippen LogP contribution is 2.35. The van der Waals surface area contributed by atoms with Crippen molar-refractivity contribution in [2.45, 2.75) is 37.5 Å². The van der Waals surface area contributed by atoms with Crippen LogP contribution in [0.5, 0.6) is 5.75 Å². The highest BCUT2D eigenvalue weighted by Gasteiger charge is 2.41. The van der Waals surface area contributed by atoms with Crippen molar-refractivity contribution in [2.75, 3.05) is 19.8 Å². The number of carbonyl (C=O) groups excluding carboxylic acids is 1. The summed E-state index contributed by atoms with van der Waals surface area (Å²) in [7, 11) is 0. The summed E-state index contributed by atoms with van der Waals surface area (Å²) < 4.78 is 12.0. The predicted molar refractivity (Wildman–Crippen MR) is 103 cm³/mol. The van der Waals surface area contributed by atoms with Crippen molar-refractivity contribution in [3.05, 3.63) is 65.7 Å². The van der Waals surface area contributed by atoms with E-state index in [2.05, 4.69) is 0 Å². The number of hydrogen-bond acceptors (Lipinski definition) is 4. The number of fused-ring (bicyclic) bond motifs is 1. The van der Waals surface area contributed by atoms with Gasteiger partial charge in [-0.3, -0.25) is 4.79 Å². The van der Waals surface area contributed by atoms with Gasteiger partial charge in [0.2, 0.25) is 5.91 Å². The Morgan fingerprint density at radius 1 is 1.07 bits per heavy atom. The number of carbonyl (C=O) groups is 1. The number of nitrogens with zero attached hydrogens (tertiary/aromatic N) is 1. The molecule has 5 nitrogen and oxygen atoms in total. The summed E-state index contributed by atoms with van der Waals surface area (Å²) >= 11 is 0. The summed E-state index contributed by atoms with van der Waals surface area (Å²) in [6, 6.07) is 17.3. The maximum Gasteiger partial charge on any atom is 0.240 e. The summed E-state index contributed by atoms with van der Waals surface area (Å²) in [6.45, 7) is 2.38. The molecule has 5 heteroatoms. The van der Waals surface area contributed by atoms with Gasteiger partial charge in [-0.2, -0.15) is 0 Å². The van der Waals surface area contributed by atoms with E-state index in [1.165, 1.54) is 0 Å². The molecule has 2 aliphatic heterocycles. The highest BCUT2D eigenvalue weighted by molar-refractivity contribution is 5.82. The smallest absolute Gasteiger partial charge is 0.240 e. The SMILES string of the molecule is N[C@H](Cc1ccccc1)C(=O)N1Cc2ccccc2OC2(CCOCC2)C1. The van der Waals surface area contributed by atoms with Gasteiger partial charge in [0.25, 0.3) is 0 Å². The molecule has 1 atom stereocenters. The fraction of sp³-hybridized carbons (Fsp3) is 0.409. The van der Waals surface area contributed by atoms with Gasteiger partial charge in [0.05, 0.1) is 25.8 Å². The van der Waals surface area contributed by atoms with Gasteiger partial charge in [0.15, 0.2) is 0 Å². The van der Waals surface area contributed by atoms with Crippen LogP contribution in [0.25, 0.3) is 0 Å². The second-order valence-corrected chi connectivity index (χ2v) is 7.50. The monoisotopic (exact) mass is 366 g/mol. The molecule has 0 saturated carbocycles. The molecule has 27 heavy (non-hydrogen) atoms. The second kappa shape index (κ2) is 7.71. The Bertz CT molecular complexity index is 787. The average Bonchev–Trinajstić information content (AvgIpc) is 2.85. The van der Waals surface area contributed by atoms with Crippen LogP contribution < -0.4 is 10.5 Å². The number of benzene rings is 2. The number of nitrogens with two attached hydrogens (primary N) is 1. The summed E-state index contributed by atoms with van der Waals surface area (Å²) in [5.41, 5.74) is 8.02. The van der Waals surface area contributed by atoms with Crippen LogP contribution in [0.1, 0.15) is 24.0 Å². The molecule has 4 rings (SSSR count). The van der Waals surface area contributed by atoms with Gasteiger partial charge in [-0.15, -0.1) is 0 Å². The molecular weight excluding hydrogens is 340 g/mol. The third-order valence-electron chi connectivity index (χ3n) is 5.47. The van der Waals surface area contributed by atoms with Crippen molar-refractivity contribution < 1.29 is 14.3 Å². The Kier molecular flexibility index (Phi) is 5.14. The van der Waals surface area contributed by atoms with Crippen LogP contribution in [0.15, 0.2) is 54.6 Å². The fourth-order valence-electron chi connectivity index (χ4n) is 3.96. The third kappa shape index (κ3) is 3.99. The van der Waals surface area contributed by atoms with Gasteiger partial charge in [-0.25, -0.2) is 0 Å². The highest BCUT2D eigenvalue weighted by atomic mass is 16.5. The van der Waals surface area contributed by atoms with E-state index >= 15 is 0 Å². The molecule has 2 heterocycles. The number of para-hydroxylation sites is 1. The average molecular weight is 366 g/mol. The Labute approximate surface area is 160 Å². The Hall–Kier alpha value is -2.37. The maximum absolute atomic E-state index is 13.2. The maximum atomic E-state index is 13.2. The molecule has 0 unspecified atom stereocenters. The molecule has 1 spiro atoms. The van der Waals surface area contributed by atoms with Gasteiger partial charge in [-0.05, 0) is 18.1 Å². The first kappa shape index (κ1) is 18.0. The summed E-state index contributed by atoms with van der Waals surface area (Å²) in [6.07, 6.45) is 2.09. The molecule has 2 aromatic carbocycles. The molecule has 0 aromatic heterocycles. The number of hydrogen-bond donors (Lipinski definition) is 1. The van der Waals surface area contributed by atoms with Crippen molar-refractivity contribution in [1.29, 1.82) is 0 Å². The van der Waals surface area contributed by atoms with Crippen molar-refractivity contribution >= 4 is 5.91 Å². The molecule has 0 radical (unpaired) electrons. The minimum atomic E-state index is -0.561. The molecular formula is C22H26N2O3. The first-order chi connectivity index (χ1) is 13.2. The van der Waals surface area contributed by atoms with Crippen LogP contribution in [-0.2, 0) is 22.5 Å². The van der Waals surface area contributed by atoms with Gasteiger partial charge >= 0.3 is 0 Å². The van der Waals surface area contributed by atoms with E-state index in [1.54, 1.807) is 0 Å². The first-order valence-electron chi connectivity index (χ1n) is 9.58. The fourth-order valence-corrected chi connectivity index (χ4v) is 3.96. The molecule has 2 aliphatic rings. The van der Waals surface area contributed by atoms with Crippen LogP contribution in [0.2, 0.25) is 0 Å². The molecule has 2 N–H and O–H groups in total. The van der Waals surface area contributed by atoms with Crippen molar-refractivity contribution in [1.82, 2.24) is 4.90 Å². The second-order valence-electron chi connectivity index (χ2n) is 7.50. The van der Waals surface area contributed by atoms with Crippen molar-refractivity contribution in [3.8, 4) is 5.75 Å². The van der Waals surface area contributed by atoms with Gasteiger partial charge in [-0.1, -0.05) is 48.5 Å². The van der Waals surface area contributed by atoms with E-state index in [-0.39, 0.29) is 5.91 Å². The lowest BCUT2D eigenvalue weighted by atomic mass is 9.93. The van der Waals surface area contributed by atoms with Gasteiger partial charge in [0.1, 0.15) is 11.4 Å². The summed E-state index contributed by atoms with van der Waals surface area (Å²) in [5, 5.41) is 0. The Morgan fingerprint density at radius 2 is 1.78 bits per heavy atom. The Morgan fingerprint density at radius 3 is 2.56 bits per heavy atom. The quantitative estimate of drug-likeness (QED) is 0.907. The van der Waals surface area contributed by atoms with Crippen molar-refractivity contribution in [2.24, 2.45) is 5.73 Å². The Balaban J connectivity index is 1.57. The molecule has 0 bridgehead atoms. The normalized spacial score (nSPS) is 19.7. The first-order valence-corrected chi connectivity index (χ1v) is 9.58. The molecule has 0 aliphatic carbocycles. The number of rotatable bonds is 3. The zero-order chi connectivity index (χ0) is 18.7. The van der Waals surface area contributed by atoms with Crippen LogP contribution in [-0.4, -0.2) is 42.2 Å². The largest absolute Gasteiger partial charge is 0.485 e. The molecule has 1 amide bonds. The molecule has 2 aromatic rings. The lowest BCUT2D eigenvalue weighted by Crippen LogP contribution is -2.54. The lowest BCUT2D eigenvalue weighted by Gasteiger charge is -2.39. The summed E-state index contributed by atoms with van der Waals surface area (Å²) in [5.74, 6) is 0.844. The van der Waals surface area contributed by atoms with E-state index < -0.39 is 11.6 Å². The van der Waals surface area contributed by atoms with Crippen LogP contribution >= 0.6 is 0 Å². The molecule has 1 saturated heterocycles. The zero-order valence-corrected chi connectivity index (χ0v) is 15.5. The van der Waals surface area contributed by atoms with Crippen molar-refractivity contribution in [3.63, 3.8) is 0 Å². The predicted octanol–water partition coefficient (Wildman–Crippen LogP) is 2.53. The third-order valence-corrected chi connectivity index (χ3v) is 5.47. The van der Waals surface area contributed by atoms with Crippen LogP contribution in [0.3, 0.4) is 0 Å². The minimum absolute atomic E-state index is 0.0231. The minimum Gasteiger partial charge on any atom is -0.485 e. The van der Waals surface area contributed by atoms with E-state index in [4.69, 9.17) is 15.2 Å². The standard InChI is InChI=1S/C22H26N2O3/c23-19(14-17-6-2-1-3-7-17)21(25)24-15-18-8-4-5-9-20(18)27-22(16-24)10-12-26-13-11-22/h1-9,19H,10-16,23H2/t19-/m1/s1. The lowest BCUT2D eigenvalue weighted by molar-refractivity contribution is -0.137. The van der Waals surface area contributed by atoms with Crippen LogP contribution in [0, 0.1) is 0 Å². The van der Waals surface area contributed by atoms with Gasteiger partial charge < -0.3 is 20.1 Å².